The molecule has 3 N–H and O–H groups in total. The molecule has 4 aromatic rings. The SMILES string of the molecule is Cc1cnc(Nc2cccc(S(N)(=O)=O)c2)nc1-n1c(C)nc2ccccc21. The number of nitrogens with zero attached hydrogens (tertiary/aromatic N) is 4. The van der Waals surface area contributed by atoms with E-state index < -0.39 is 10.0 Å². The smallest absolute Gasteiger partial charge is 0.238 e. The van der Waals surface area contributed by atoms with E-state index in [9.17, 15) is 8.42 Å². The number of sulfonamides is 1. The third-order valence-electron chi connectivity index (χ3n) is 4.30. The van der Waals surface area contributed by atoms with Crippen LogP contribution in [0.4, 0.5) is 11.6 Å². The molecule has 0 unspecified atom stereocenters. The van der Waals surface area contributed by atoms with E-state index in [1.165, 1.54) is 12.1 Å². The number of hydrogen-bond donors (Lipinski definition) is 2. The highest BCUT2D eigenvalue weighted by Crippen LogP contribution is 2.24. The fourth-order valence-corrected chi connectivity index (χ4v) is 3.57. The zero-order valence-corrected chi connectivity index (χ0v) is 16.1. The molecule has 0 aliphatic heterocycles. The Hall–Kier alpha value is -3.30. The largest absolute Gasteiger partial charge is 0.324 e. The number of hydrogen-bond acceptors (Lipinski definition) is 6. The number of para-hydroxylation sites is 2. The number of fused-ring (bicyclic) bond motifs is 1. The van der Waals surface area contributed by atoms with E-state index in [2.05, 4.69) is 20.3 Å². The van der Waals surface area contributed by atoms with Crippen LogP contribution in [0, 0.1) is 13.8 Å². The minimum Gasteiger partial charge on any atom is -0.324 e. The van der Waals surface area contributed by atoms with E-state index in [4.69, 9.17) is 5.14 Å². The molecular weight excluding hydrogens is 376 g/mol. The van der Waals surface area contributed by atoms with Crippen LogP contribution in [0.2, 0.25) is 0 Å². The molecule has 142 valence electrons. The second-order valence-electron chi connectivity index (χ2n) is 6.38. The normalized spacial score (nSPS) is 11.7. The molecule has 28 heavy (non-hydrogen) atoms. The van der Waals surface area contributed by atoms with Gasteiger partial charge in [-0.3, -0.25) is 4.57 Å². The van der Waals surface area contributed by atoms with Crippen LogP contribution in [0.25, 0.3) is 16.9 Å². The second-order valence-corrected chi connectivity index (χ2v) is 7.94. The Balaban J connectivity index is 1.77. The van der Waals surface area contributed by atoms with Gasteiger partial charge in [0, 0.05) is 17.4 Å². The van der Waals surface area contributed by atoms with Crippen molar-refractivity contribution >= 4 is 32.7 Å². The van der Waals surface area contributed by atoms with Gasteiger partial charge in [0.2, 0.25) is 16.0 Å². The topological polar surface area (TPSA) is 116 Å². The van der Waals surface area contributed by atoms with Crippen molar-refractivity contribution in [2.24, 2.45) is 5.14 Å². The van der Waals surface area contributed by atoms with Gasteiger partial charge in [-0.05, 0) is 44.2 Å². The van der Waals surface area contributed by atoms with Gasteiger partial charge in [-0.15, -0.1) is 0 Å². The molecule has 4 rings (SSSR count). The number of nitrogens with one attached hydrogen (secondary N) is 1. The summed E-state index contributed by atoms with van der Waals surface area (Å²) in [5.41, 5.74) is 3.24. The first kappa shape index (κ1) is 18.1. The van der Waals surface area contributed by atoms with Crippen molar-refractivity contribution in [3.63, 3.8) is 0 Å². The summed E-state index contributed by atoms with van der Waals surface area (Å²) in [5.74, 6) is 1.85. The molecule has 0 fully saturated rings. The number of primary sulfonamides is 1. The Morgan fingerprint density at radius 2 is 1.82 bits per heavy atom. The maximum atomic E-state index is 11.6. The lowest BCUT2D eigenvalue weighted by Crippen LogP contribution is -2.12. The van der Waals surface area contributed by atoms with E-state index in [1.54, 1.807) is 18.3 Å². The van der Waals surface area contributed by atoms with Gasteiger partial charge in [0.25, 0.3) is 0 Å². The molecule has 0 radical (unpaired) electrons. The molecule has 0 bridgehead atoms. The van der Waals surface area contributed by atoms with Crippen molar-refractivity contribution in [2.45, 2.75) is 18.7 Å². The lowest BCUT2D eigenvalue weighted by Gasteiger charge is -2.12. The van der Waals surface area contributed by atoms with Crippen molar-refractivity contribution in [2.75, 3.05) is 5.32 Å². The quantitative estimate of drug-likeness (QED) is 0.550. The van der Waals surface area contributed by atoms with E-state index in [0.29, 0.717) is 17.5 Å². The zero-order valence-electron chi connectivity index (χ0n) is 15.3. The van der Waals surface area contributed by atoms with Crippen LogP contribution in [0.15, 0.2) is 59.6 Å². The Morgan fingerprint density at radius 1 is 1.04 bits per heavy atom. The van der Waals surface area contributed by atoms with Gasteiger partial charge in [0.1, 0.15) is 11.6 Å². The number of benzene rings is 2. The summed E-state index contributed by atoms with van der Waals surface area (Å²) in [6.45, 7) is 3.85. The van der Waals surface area contributed by atoms with Gasteiger partial charge >= 0.3 is 0 Å². The average Bonchev–Trinajstić information content (AvgIpc) is 2.98. The van der Waals surface area contributed by atoms with E-state index in [1.807, 2.05) is 42.7 Å². The van der Waals surface area contributed by atoms with Crippen molar-refractivity contribution < 1.29 is 8.42 Å². The van der Waals surface area contributed by atoms with Crippen molar-refractivity contribution in [3.8, 4) is 5.82 Å². The van der Waals surface area contributed by atoms with Crippen molar-refractivity contribution in [1.82, 2.24) is 19.5 Å². The molecule has 2 aromatic carbocycles. The standard InChI is InChI=1S/C19H18N6O2S/c1-12-11-21-19(23-14-6-5-7-15(10-14)28(20,26)27)24-18(12)25-13(2)22-16-8-3-4-9-17(16)25/h3-11H,1-2H3,(H2,20,26,27)(H,21,23,24). The van der Waals surface area contributed by atoms with E-state index >= 15 is 0 Å². The van der Waals surface area contributed by atoms with Gasteiger partial charge < -0.3 is 5.32 Å². The summed E-state index contributed by atoms with van der Waals surface area (Å²) in [6.07, 6.45) is 1.71. The zero-order chi connectivity index (χ0) is 19.9. The van der Waals surface area contributed by atoms with Crippen LogP contribution in [-0.4, -0.2) is 27.9 Å². The fourth-order valence-electron chi connectivity index (χ4n) is 3.01. The molecule has 2 aromatic heterocycles. The summed E-state index contributed by atoms with van der Waals surface area (Å²) in [5, 5.41) is 8.24. The van der Waals surface area contributed by atoms with Crippen molar-refractivity contribution in [3.05, 3.63) is 66.1 Å². The molecule has 0 spiro atoms. The molecule has 0 aliphatic rings. The lowest BCUT2D eigenvalue weighted by molar-refractivity contribution is 0.598. The summed E-state index contributed by atoms with van der Waals surface area (Å²) in [6, 6.07) is 14.0. The average molecular weight is 394 g/mol. The summed E-state index contributed by atoms with van der Waals surface area (Å²) in [7, 11) is -3.79. The lowest BCUT2D eigenvalue weighted by atomic mass is 10.3. The van der Waals surface area contributed by atoms with Crippen LogP contribution in [0.1, 0.15) is 11.4 Å². The number of rotatable bonds is 4. The third kappa shape index (κ3) is 3.32. The number of anilines is 2. The third-order valence-corrected chi connectivity index (χ3v) is 5.22. The molecule has 8 nitrogen and oxygen atoms in total. The van der Waals surface area contributed by atoms with Gasteiger partial charge in [0.15, 0.2) is 0 Å². The molecule has 0 amide bonds. The second kappa shape index (κ2) is 6.70. The molecular formula is C19H18N6O2S. The van der Waals surface area contributed by atoms with E-state index in [-0.39, 0.29) is 4.90 Å². The summed E-state index contributed by atoms with van der Waals surface area (Å²) in [4.78, 5) is 13.5. The maximum Gasteiger partial charge on any atom is 0.238 e. The minimum absolute atomic E-state index is 0.0151. The molecule has 0 saturated carbocycles. The molecule has 0 atom stereocenters. The maximum absolute atomic E-state index is 11.6. The number of nitrogens with two attached hydrogens (primary N) is 1. The predicted molar refractivity (Wildman–Crippen MR) is 107 cm³/mol. The highest BCUT2D eigenvalue weighted by Gasteiger charge is 2.14. The molecule has 0 saturated heterocycles. The molecule has 9 heteroatoms. The first-order chi connectivity index (χ1) is 13.3. The molecule has 0 aliphatic carbocycles. The Labute approximate surface area is 162 Å². The first-order valence-electron chi connectivity index (χ1n) is 8.51. The molecule has 2 heterocycles. The Kier molecular flexibility index (Phi) is 4.33. The first-order valence-corrected chi connectivity index (χ1v) is 10.1. The Morgan fingerprint density at radius 3 is 2.61 bits per heavy atom. The predicted octanol–water partition coefficient (Wildman–Crippen LogP) is 2.82. The number of imidazole rings is 1. The van der Waals surface area contributed by atoms with Gasteiger partial charge in [-0.2, -0.15) is 4.98 Å². The van der Waals surface area contributed by atoms with E-state index in [0.717, 1.165) is 22.4 Å². The van der Waals surface area contributed by atoms with Gasteiger partial charge in [-0.1, -0.05) is 18.2 Å². The van der Waals surface area contributed by atoms with Crippen LogP contribution in [0.5, 0.6) is 0 Å². The van der Waals surface area contributed by atoms with Gasteiger partial charge in [-0.25, -0.2) is 23.5 Å². The monoisotopic (exact) mass is 394 g/mol. The highest BCUT2D eigenvalue weighted by atomic mass is 32.2. The van der Waals surface area contributed by atoms with Crippen LogP contribution in [-0.2, 0) is 10.0 Å². The Bertz CT molecular complexity index is 1300. The minimum atomic E-state index is -3.79. The number of aryl methyl sites for hydroxylation is 2. The fraction of sp³-hybridized carbons (Fsp3) is 0.105. The van der Waals surface area contributed by atoms with Crippen LogP contribution < -0.4 is 10.5 Å². The van der Waals surface area contributed by atoms with Crippen LogP contribution in [0.3, 0.4) is 0 Å². The van der Waals surface area contributed by atoms with Crippen molar-refractivity contribution in [1.29, 1.82) is 0 Å². The highest BCUT2D eigenvalue weighted by molar-refractivity contribution is 7.89. The summed E-state index contributed by atoms with van der Waals surface area (Å²) < 4.78 is 25.1. The number of aromatic nitrogens is 4. The summed E-state index contributed by atoms with van der Waals surface area (Å²) >= 11 is 0. The van der Waals surface area contributed by atoms with Gasteiger partial charge in [0.05, 0.1) is 15.9 Å². The van der Waals surface area contributed by atoms with Crippen LogP contribution >= 0.6 is 0 Å².